The normalized spacial score (nSPS) is 10.0. The number of aromatic carboxylic acids is 1. The van der Waals surface area contributed by atoms with E-state index in [1.54, 1.807) is 18.2 Å². The van der Waals surface area contributed by atoms with E-state index < -0.39 is 17.8 Å². The molecule has 2 rings (SSSR count). The molecule has 108 valence electrons. The van der Waals surface area contributed by atoms with Crippen molar-refractivity contribution in [2.24, 2.45) is 0 Å². The van der Waals surface area contributed by atoms with E-state index in [9.17, 15) is 14.0 Å². The number of hydrogen-bond acceptors (Lipinski definition) is 2. The van der Waals surface area contributed by atoms with Gasteiger partial charge in [-0.25, -0.2) is 14.0 Å². The minimum Gasteiger partial charge on any atom is -0.478 e. The molecule has 2 aromatic carbocycles. The molecule has 0 atom stereocenters. The predicted molar refractivity (Wildman–Crippen MR) is 85.2 cm³/mol. The lowest BCUT2D eigenvalue weighted by molar-refractivity contribution is 0.0697. The SMILES string of the molecule is O=C(Nc1cccc(I)c1)Nc1cc(C(=O)O)ccc1F. The maximum Gasteiger partial charge on any atom is 0.335 e. The number of carbonyl (C=O) groups is 2. The van der Waals surface area contributed by atoms with E-state index >= 15 is 0 Å². The molecule has 0 aliphatic rings. The van der Waals surface area contributed by atoms with Crippen LogP contribution in [0.15, 0.2) is 42.5 Å². The first-order chi connectivity index (χ1) is 9.95. The van der Waals surface area contributed by atoms with Gasteiger partial charge in [-0.3, -0.25) is 0 Å². The molecule has 0 aliphatic carbocycles. The monoisotopic (exact) mass is 400 g/mol. The van der Waals surface area contributed by atoms with Crippen LogP contribution in [0.4, 0.5) is 20.6 Å². The molecule has 2 aromatic rings. The van der Waals surface area contributed by atoms with Gasteiger partial charge in [0, 0.05) is 9.26 Å². The average molecular weight is 400 g/mol. The van der Waals surface area contributed by atoms with Gasteiger partial charge >= 0.3 is 12.0 Å². The molecule has 5 nitrogen and oxygen atoms in total. The number of nitrogens with one attached hydrogen (secondary N) is 2. The quantitative estimate of drug-likeness (QED) is 0.687. The fourth-order valence-electron chi connectivity index (χ4n) is 1.60. The third kappa shape index (κ3) is 4.15. The van der Waals surface area contributed by atoms with Crippen LogP contribution in [0.25, 0.3) is 0 Å². The minimum atomic E-state index is -1.20. The van der Waals surface area contributed by atoms with E-state index in [1.165, 1.54) is 0 Å². The van der Waals surface area contributed by atoms with Crippen LogP contribution in [0.1, 0.15) is 10.4 Å². The number of halogens is 2. The molecule has 0 saturated carbocycles. The summed E-state index contributed by atoms with van der Waals surface area (Å²) in [6, 6.07) is 9.58. The minimum absolute atomic E-state index is 0.110. The van der Waals surface area contributed by atoms with Crippen LogP contribution in [0, 0.1) is 9.39 Å². The highest BCUT2D eigenvalue weighted by molar-refractivity contribution is 14.1. The second-order valence-electron chi connectivity index (χ2n) is 4.09. The largest absolute Gasteiger partial charge is 0.478 e. The van der Waals surface area contributed by atoms with Crippen molar-refractivity contribution in [3.63, 3.8) is 0 Å². The summed E-state index contributed by atoms with van der Waals surface area (Å²) in [7, 11) is 0. The van der Waals surface area contributed by atoms with Crippen LogP contribution < -0.4 is 10.6 Å². The maximum absolute atomic E-state index is 13.6. The van der Waals surface area contributed by atoms with Gasteiger partial charge in [-0.15, -0.1) is 0 Å². The Morgan fingerprint density at radius 2 is 1.86 bits per heavy atom. The molecule has 0 heterocycles. The second-order valence-corrected chi connectivity index (χ2v) is 5.33. The zero-order valence-electron chi connectivity index (χ0n) is 10.6. The molecule has 3 N–H and O–H groups in total. The van der Waals surface area contributed by atoms with Gasteiger partial charge in [-0.1, -0.05) is 6.07 Å². The highest BCUT2D eigenvalue weighted by Crippen LogP contribution is 2.17. The van der Waals surface area contributed by atoms with Crippen molar-refractivity contribution in [3.05, 3.63) is 57.4 Å². The van der Waals surface area contributed by atoms with Crippen LogP contribution in [-0.4, -0.2) is 17.1 Å². The van der Waals surface area contributed by atoms with Crippen molar-refractivity contribution in [1.82, 2.24) is 0 Å². The Bertz CT molecular complexity index is 706. The Morgan fingerprint density at radius 1 is 1.10 bits per heavy atom. The van der Waals surface area contributed by atoms with Crippen LogP contribution in [-0.2, 0) is 0 Å². The summed E-state index contributed by atoms with van der Waals surface area (Å²) >= 11 is 2.10. The van der Waals surface area contributed by atoms with E-state index in [4.69, 9.17) is 5.11 Å². The summed E-state index contributed by atoms with van der Waals surface area (Å²) in [6.07, 6.45) is 0. The third-order valence-electron chi connectivity index (χ3n) is 2.54. The smallest absolute Gasteiger partial charge is 0.335 e. The molecule has 0 saturated heterocycles. The molecular weight excluding hydrogens is 390 g/mol. The molecule has 0 fully saturated rings. The van der Waals surface area contributed by atoms with E-state index in [1.807, 2.05) is 6.07 Å². The molecule has 0 radical (unpaired) electrons. The van der Waals surface area contributed by atoms with Crippen molar-refractivity contribution < 1.29 is 19.1 Å². The Hall–Kier alpha value is -2.16. The summed E-state index contributed by atoms with van der Waals surface area (Å²) in [5.74, 6) is -1.91. The number of anilines is 2. The van der Waals surface area contributed by atoms with Gasteiger partial charge in [0.1, 0.15) is 5.82 Å². The van der Waals surface area contributed by atoms with Crippen molar-refractivity contribution >= 4 is 46.0 Å². The third-order valence-corrected chi connectivity index (χ3v) is 3.21. The first kappa shape index (κ1) is 15.2. The lowest BCUT2D eigenvalue weighted by Gasteiger charge is -2.09. The lowest BCUT2D eigenvalue weighted by atomic mass is 10.2. The Morgan fingerprint density at radius 3 is 2.52 bits per heavy atom. The van der Waals surface area contributed by atoms with Crippen molar-refractivity contribution in [1.29, 1.82) is 0 Å². The van der Waals surface area contributed by atoms with Gasteiger partial charge in [-0.05, 0) is 59.0 Å². The van der Waals surface area contributed by atoms with Crippen molar-refractivity contribution in [3.8, 4) is 0 Å². The zero-order chi connectivity index (χ0) is 15.4. The van der Waals surface area contributed by atoms with Crippen molar-refractivity contribution in [2.75, 3.05) is 10.6 Å². The first-order valence-corrected chi connectivity index (χ1v) is 6.90. The maximum atomic E-state index is 13.6. The van der Waals surface area contributed by atoms with Crippen LogP contribution in [0.5, 0.6) is 0 Å². The Labute approximate surface area is 133 Å². The fraction of sp³-hybridized carbons (Fsp3) is 0. The topological polar surface area (TPSA) is 78.4 Å². The molecule has 0 unspecified atom stereocenters. The molecule has 2 amide bonds. The highest BCUT2D eigenvalue weighted by Gasteiger charge is 2.11. The summed E-state index contributed by atoms with van der Waals surface area (Å²) in [5, 5.41) is 13.7. The van der Waals surface area contributed by atoms with Gasteiger partial charge in [-0.2, -0.15) is 0 Å². The number of rotatable bonds is 3. The van der Waals surface area contributed by atoms with E-state index in [0.29, 0.717) is 5.69 Å². The number of benzene rings is 2. The summed E-state index contributed by atoms with van der Waals surface area (Å²) in [5.41, 5.74) is 0.244. The number of amides is 2. The number of carboxylic acid groups (broad SMARTS) is 1. The molecule has 21 heavy (non-hydrogen) atoms. The summed E-state index contributed by atoms with van der Waals surface area (Å²) < 4.78 is 14.5. The highest BCUT2D eigenvalue weighted by atomic mass is 127. The molecule has 0 spiro atoms. The van der Waals surface area contributed by atoms with Crippen LogP contribution in [0.3, 0.4) is 0 Å². The molecule has 0 aromatic heterocycles. The fourth-order valence-corrected chi connectivity index (χ4v) is 2.15. The first-order valence-electron chi connectivity index (χ1n) is 5.82. The Kier molecular flexibility index (Phi) is 4.73. The van der Waals surface area contributed by atoms with Gasteiger partial charge in [0.05, 0.1) is 11.3 Å². The van der Waals surface area contributed by atoms with E-state index in [2.05, 4.69) is 33.2 Å². The summed E-state index contributed by atoms with van der Waals surface area (Å²) in [4.78, 5) is 22.6. The molecule has 0 bridgehead atoms. The van der Waals surface area contributed by atoms with Crippen LogP contribution in [0.2, 0.25) is 0 Å². The van der Waals surface area contributed by atoms with Gasteiger partial charge in [0.2, 0.25) is 0 Å². The summed E-state index contributed by atoms with van der Waals surface area (Å²) in [6.45, 7) is 0. The molecule has 0 aliphatic heterocycles. The lowest BCUT2D eigenvalue weighted by Crippen LogP contribution is -2.20. The van der Waals surface area contributed by atoms with Crippen LogP contribution >= 0.6 is 22.6 Å². The number of carbonyl (C=O) groups excluding carboxylic acids is 1. The number of carboxylic acids is 1. The average Bonchev–Trinajstić information content (AvgIpc) is 2.41. The van der Waals surface area contributed by atoms with E-state index in [-0.39, 0.29) is 11.3 Å². The molecule has 7 heteroatoms. The van der Waals surface area contributed by atoms with Gasteiger partial charge in [0.15, 0.2) is 0 Å². The Balaban J connectivity index is 2.12. The second kappa shape index (κ2) is 6.53. The predicted octanol–water partition coefficient (Wildman–Crippen LogP) is 3.77. The number of urea groups is 1. The number of hydrogen-bond donors (Lipinski definition) is 3. The molecular formula is C14H10FIN2O3. The standard InChI is InChI=1S/C14H10FIN2O3/c15-11-5-4-8(13(19)20)6-12(11)18-14(21)17-10-3-1-2-9(16)7-10/h1-7H,(H,19,20)(H2,17,18,21). The van der Waals surface area contributed by atoms with Gasteiger partial charge < -0.3 is 15.7 Å². The van der Waals surface area contributed by atoms with E-state index in [0.717, 1.165) is 21.8 Å². The van der Waals surface area contributed by atoms with Gasteiger partial charge in [0.25, 0.3) is 0 Å². The zero-order valence-corrected chi connectivity index (χ0v) is 12.7. The van der Waals surface area contributed by atoms with Crippen molar-refractivity contribution in [2.45, 2.75) is 0 Å².